The smallest absolute Gasteiger partial charge is 0.475 e. The number of carboxylic acid groups (broad SMARTS) is 2. The number of carboxylic acids is 2. The van der Waals surface area contributed by atoms with Gasteiger partial charge in [-0.15, -0.1) is 0 Å². The zero-order valence-electron chi connectivity index (χ0n) is 23.5. The normalized spacial score (nSPS) is 16.5. The zero-order valence-corrected chi connectivity index (χ0v) is 23.5. The number of nitrogens with zero attached hydrogens (tertiary/aromatic N) is 5. The molecule has 43 heavy (non-hydrogen) atoms. The Morgan fingerprint density at radius 3 is 2.02 bits per heavy atom. The summed E-state index contributed by atoms with van der Waals surface area (Å²) in [5.41, 5.74) is 3.56. The predicted molar refractivity (Wildman–Crippen MR) is 143 cm³/mol. The van der Waals surface area contributed by atoms with Crippen molar-refractivity contribution in [2.45, 2.75) is 70.4 Å². The number of furan rings is 1. The number of alkyl halides is 6. The van der Waals surface area contributed by atoms with Crippen molar-refractivity contribution in [3.8, 4) is 0 Å². The molecule has 5 heterocycles. The molecule has 238 valence electrons. The van der Waals surface area contributed by atoms with E-state index in [0.29, 0.717) is 12.0 Å². The molecular weight excluding hydrogens is 588 g/mol. The fourth-order valence-corrected chi connectivity index (χ4v) is 4.81. The first-order valence-corrected chi connectivity index (χ1v) is 13.5. The summed E-state index contributed by atoms with van der Waals surface area (Å²) in [6, 6.07) is 6.75. The van der Waals surface area contributed by atoms with Gasteiger partial charge in [-0.05, 0) is 70.8 Å². The summed E-state index contributed by atoms with van der Waals surface area (Å²) in [6.45, 7) is 9.74. The summed E-state index contributed by atoms with van der Waals surface area (Å²) in [7, 11) is 0. The SMILES string of the molecule is CC(C)n1cnc2c(N3CCCC3)nc(C3CCN(Cc4ccco4)CC3)cc21.O=C(O)C(F)(F)F.O=C(O)C(F)(F)F. The largest absolute Gasteiger partial charge is 0.490 e. The number of likely N-dealkylation sites (tertiary alicyclic amines) is 1. The minimum absolute atomic E-state index is 0.400. The van der Waals surface area contributed by atoms with Gasteiger partial charge in [-0.1, -0.05) is 0 Å². The molecule has 2 saturated heterocycles. The van der Waals surface area contributed by atoms with Crippen molar-refractivity contribution < 1.29 is 50.6 Å². The number of pyridine rings is 1. The second-order valence-electron chi connectivity index (χ2n) is 10.4. The number of aromatic nitrogens is 3. The van der Waals surface area contributed by atoms with Crippen molar-refractivity contribution in [3.63, 3.8) is 0 Å². The number of halogens is 6. The molecule has 0 amide bonds. The standard InChI is InChI=1S/C23H31N5O.2C2HF3O2/c1-17(2)28-16-24-22-21(28)14-20(25-23(22)27-9-3-4-10-27)18-7-11-26(12-8-18)15-19-6-5-13-29-19;2*3-2(4,5)1(6)7/h5-6,13-14,16-18H,3-4,7-12,15H2,1-2H3;2*(H,6,7). The highest BCUT2D eigenvalue weighted by Gasteiger charge is 2.39. The van der Waals surface area contributed by atoms with E-state index >= 15 is 0 Å². The molecule has 2 fully saturated rings. The highest BCUT2D eigenvalue weighted by molar-refractivity contribution is 5.87. The molecule has 0 bridgehead atoms. The van der Waals surface area contributed by atoms with Gasteiger partial charge in [0.1, 0.15) is 11.3 Å². The van der Waals surface area contributed by atoms with E-state index in [2.05, 4.69) is 40.3 Å². The Hall–Kier alpha value is -3.82. The average Bonchev–Trinajstić information content (AvgIpc) is 3.70. The van der Waals surface area contributed by atoms with Crippen LogP contribution in [0.3, 0.4) is 0 Å². The lowest BCUT2D eigenvalue weighted by atomic mass is 9.92. The Kier molecular flexibility index (Phi) is 11.0. The number of carbonyl (C=O) groups is 2. The van der Waals surface area contributed by atoms with Crippen LogP contribution in [0.2, 0.25) is 0 Å². The Bertz CT molecular complexity index is 1320. The van der Waals surface area contributed by atoms with E-state index in [1.165, 1.54) is 24.1 Å². The summed E-state index contributed by atoms with van der Waals surface area (Å²) >= 11 is 0. The summed E-state index contributed by atoms with van der Waals surface area (Å²) in [4.78, 5) is 32.7. The van der Waals surface area contributed by atoms with Crippen LogP contribution in [0.15, 0.2) is 35.2 Å². The van der Waals surface area contributed by atoms with E-state index in [1.54, 1.807) is 6.26 Å². The van der Waals surface area contributed by atoms with Gasteiger partial charge in [0.2, 0.25) is 0 Å². The topological polar surface area (TPSA) is 125 Å². The maximum Gasteiger partial charge on any atom is 0.490 e. The third-order valence-corrected chi connectivity index (χ3v) is 6.98. The van der Waals surface area contributed by atoms with Crippen LogP contribution < -0.4 is 4.90 Å². The Balaban J connectivity index is 0.000000303. The van der Waals surface area contributed by atoms with Crippen LogP contribution in [-0.2, 0) is 16.1 Å². The first-order valence-electron chi connectivity index (χ1n) is 13.5. The minimum atomic E-state index is -5.08. The maximum atomic E-state index is 10.6. The Morgan fingerprint density at radius 2 is 1.56 bits per heavy atom. The minimum Gasteiger partial charge on any atom is -0.475 e. The number of hydrogen-bond donors (Lipinski definition) is 2. The molecule has 0 spiro atoms. The fraction of sp³-hybridized carbons (Fsp3) is 0.556. The van der Waals surface area contributed by atoms with Gasteiger partial charge < -0.3 is 24.1 Å². The fourth-order valence-electron chi connectivity index (χ4n) is 4.81. The first kappa shape index (κ1) is 33.7. The van der Waals surface area contributed by atoms with Gasteiger partial charge in [-0.2, -0.15) is 26.3 Å². The number of piperidine rings is 1. The van der Waals surface area contributed by atoms with E-state index in [1.807, 2.05) is 12.4 Å². The molecule has 0 atom stereocenters. The predicted octanol–water partition coefficient (Wildman–Crippen LogP) is 5.85. The highest BCUT2D eigenvalue weighted by atomic mass is 19.4. The van der Waals surface area contributed by atoms with E-state index in [9.17, 15) is 26.3 Å². The van der Waals surface area contributed by atoms with Crippen LogP contribution in [-0.4, -0.2) is 80.1 Å². The number of rotatable bonds is 5. The van der Waals surface area contributed by atoms with Crippen LogP contribution in [0.1, 0.15) is 62.9 Å². The average molecular weight is 622 g/mol. The third-order valence-electron chi connectivity index (χ3n) is 6.98. The molecule has 2 aliphatic heterocycles. The van der Waals surface area contributed by atoms with Crippen molar-refractivity contribution in [2.24, 2.45) is 0 Å². The molecule has 0 unspecified atom stereocenters. The van der Waals surface area contributed by atoms with E-state index in [0.717, 1.165) is 62.7 Å². The number of hydrogen-bond acceptors (Lipinski definition) is 7. The van der Waals surface area contributed by atoms with Crippen LogP contribution >= 0.6 is 0 Å². The lowest BCUT2D eigenvalue weighted by Gasteiger charge is -2.31. The second-order valence-corrected chi connectivity index (χ2v) is 10.4. The van der Waals surface area contributed by atoms with Crippen molar-refractivity contribution in [1.82, 2.24) is 19.4 Å². The Labute approximate surface area is 242 Å². The van der Waals surface area contributed by atoms with Gasteiger partial charge in [0, 0.05) is 30.7 Å². The second kappa shape index (κ2) is 14.1. The van der Waals surface area contributed by atoms with Gasteiger partial charge in [-0.25, -0.2) is 19.6 Å². The quantitative estimate of drug-likeness (QED) is 0.338. The van der Waals surface area contributed by atoms with Crippen LogP contribution in [0.5, 0.6) is 0 Å². The first-order chi connectivity index (χ1) is 20.1. The summed E-state index contributed by atoms with van der Waals surface area (Å²) in [5, 5.41) is 14.2. The number of anilines is 1. The van der Waals surface area contributed by atoms with Gasteiger partial charge in [0.25, 0.3) is 0 Å². The van der Waals surface area contributed by atoms with Crippen molar-refractivity contribution in [1.29, 1.82) is 0 Å². The van der Waals surface area contributed by atoms with Crippen molar-refractivity contribution >= 4 is 28.8 Å². The highest BCUT2D eigenvalue weighted by Crippen LogP contribution is 2.34. The monoisotopic (exact) mass is 621 g/mol. The van der Waals surface area contributed by atoms with Crippen LogP contribution in [0.25, 0.3) is 11.0 Å². The molecule has 3 aromatic heterocycles. The van der Waals surface area contributed by atoms with E-state index in [4.69, 9.17) is 34.2 Å². The molecule has 0 radical (unpaired) electrons. The maximum absolute atomic E-state index is 10.6. The van der Waals surface area contributed by atoms with Crippen molar-refractivity contribution in [3.05, 3.63) is 42.2 Å². The summed E-state index contributed by atoms with van der Waals surface area (Å²) in [5.74, 6) is -2.84. The van der Waals surface area contributed by atoms with Gasteiger partial charge in [-0.3, -0.25) is 4.90 Å². The molecule has 5 rings (SSSR count). The molecular formula is C27H33F6N5O5. The molecule has 3 aromatic rings. The zero-order chi connectivity index (χ0) is 31.9. The van der Waals surface area contributed by atoms with Crippen LogP contribution in [0.4, 0.5) is 32.2 Å². The number of imidazole rings is 1. The molecule has 2 aliphatic rings. The van der Waals surface area contributed by atoms with Crippen LogP contribution in [0, 0.1) is 0 Å². The van der Waals surface area contributed by atoms with Gasteiger partial charge in [0.15, 0.2) is 5.82 Å². The molecule has 2 N–H and O–H groups in total. The molecule has 0 aliphatic carbocycles. The molecule has 0 aromatic carbocycles. The summed E-state index contributed by atoms with van der Waals surface area (Å²) in [6.07, 6.45) is -1.61. The molecule has 10 nitrogen and oxygen atoms in total. The van der Waals surface area contributed by atoms with Gasteiger partial charge in [0.05, 0.1) is 24.7 Å². The lowest BCUT2D eigenvalue weighted by Crippen LogP contribution is -2.32. The third kappa shape index (κ3) is 9.33. The number of fused-ring (bicyclic) bond motifs is 1. The van der Waals surface area contributed by atoms with Gasteiger partial charge >= 0.3 is 24.3 Å². The summed E-state index contributed by atoms with van der Waals surface area (Å²) < 4.78 is 71.3. The van der Waals surface area contributed by atoms with Crippen molar-refractivity contribution in [2.75, 3.05) is 31.1 Å². The van der Waals surface area contributed by atoms with E-state index < -0.39 is 24.3 Å². The van der Waals surface area contributed by atoms with E-state index in [-0.39, 0.29) is 0 Å². The lowest BCUT2D eigenvalue weighted by molar-refractivity contribution is -0.193. The molecule has 0 saturated carbocycles. The molecule has 16 heteroatoms. The Morgan fingerprint density at radius 1 is 1.00 bits per heavy atom. The number of aliphatic carboxylic acids is 2.